The molecule has 0 fully saturated rings. The highest BCUT2D eigenvalue weighted by Gasteiger charge is 2.17. The highest BCUT2D eigenvalue weighted by molar-refractivity contribution is 6.10. The smallest absolute Gasteiger partial charge is 0.193 e. The quantitative estimate of drug-likeness (QED) is 0.571. The number of carbonyl (C=O) groups is 1. The van der Waals surface area contributed by atoms with E-state index < -0.39 is 0 Å². The molecule has 0 aliphatic heterocycles. The second-order valence-electron chi connectivity index (χ2n) is 5.00. The van der Waals surface area contributed by atoms with Crippen molar-refractivity contribution in [3.8, 4) is 17.2 Å². The van der Waals surface area contributed by atoms with Gasteiger partial charge in [0.15, 0.2) is 17.8 Å². The van der Waals surface area contributed by atoms with Crippen LogP contribution in [0.1, 0.15) is 15.9 Å². The molecule has 0 radical (unpaired) electrons. The van der Waals surface area contributed by atoms with Crippen molar-refractivity contribution in [1.29, 1.82) is 0 Å². The zero-order valence-electron chi connectivity index (χ0n) is 13.1. The van der Waals surface area contributed by atoms with E-state index in [-0.39, 0.29) is 22.8 Å². The van der Waals surface area contributed by atoms with Crippen molar-refractivity contribution in [2.45, 2.75) is 0 Å². The monoisotopic (exact) mass is 325 g/mol. The van der Waals surface area contributed by atoms with Gasteiger partial charge in [0.05, 0.1) is 14.2 Å². The van der Waals surface area contributed by atoms with Gasteiger partial charge in [-0.15, -0.1) is 0 Å². The Hall–Kier alpha value is -3.28. The number of oxazole rings is 1. The molecule has 122 valence electrons. The maximum atomic E-state index is 12.4. The molecule has 0 amide bonds. The zero-order valence-corrected chi connectivity index (χ0v) is 13.1. The number of ketones is 1. The number of allylic oxidation sites excluding steroid dienone is 1. The third-order valence-corrected chi connectivity index (χ3v) is 3.54. The van der Waals surface area contributed by atoms with Gasteiger partial charge < -0.3 is 19.0 Å². The Labute approximate surface area is 138 Å². The van der Waals surface area contributed by atoms with Gasteiger partial charge in [-0.2, -0.15) is 0 Å². The first-order chi connectivity index (χ1) is 11.6. The summed E-state index contributed by atoms with van der Waals surface area (Å²) in [7, 11) is 2.89. The molecule has 0 saturated carbocycles. The molecular weight excluding hydrogens is 310 g/mol. The SMILES string of the molecule is COc1cc(O)c(C(=O)/C=C/c2ccc3ncoc3c2)c(OC)c1. The largest absolute Gasteiger partial charge is 0.507 e. The number of ether oxygens (including phenoxy) is 2. The second kappa shape index (κ2) is 6.45. The Morgan fingerprint density at radius 3 is 2.79 bits per heavy atom. The third kappa shape index (κ3) is 2.94. The Kier molecular flexibility index (Phi) is 4.20. The maximum absolute atomic E-state index is 12.4. The van der Waals surface area contributed by atoms with Crippen LogP contribution in [0.3, 0.4) is 0 Å². The molecule has 6 nitrogen and oxygen atoms in total. The van der Waals surface area contributed by atoms with Crippen molar-refractivity contribution in [3.63, 3.8) is 0 Å². The molecule has 0 spiro atoms. The van der Waals surface area contributed by atoms with Gasteiger partial charge >= 0.3 is 0 Å². The van der Waals surface area contributed by atoms with Crippen LogP contribution in [0.25, 0.3) is 17.2 Å². The fourth-order valence-corrected chi connectivity index (χ4v) is 2.33. The highest BCUT2D eigenvalue weighted by atomic mass is 16.5. The Morgan fingerprint density at radius 2 is 2.04 bits per heavy atom. The number of hydrogen-bond donors (Lipinski definition) is 1. The van der Waals surface area contributed by atoms with Crippen molar-refractivity contribution >= 4 is 23.0 Å². The fraction of sp³-hybridized carbons (Fsp3) is 0.111. The Bertz CT molecular complexity index is 926. The van der Waals surface area contributed by atoms with Gasteiger partial charge in [0, 0.05) is 12.1 Å². The van der Waals surface area contributed by atoms with E-state index in [0.29, 0.717) is 11.3 Å². The van der Waals surface area contributed by atoms with Crippen LogP contribution in [0.4, 0.5) is 0 Å². The minimum atomic E-state index is -0.385. The average molecular weight is 325 g/mol. The first kappa shape index (κ1) is 15.6. The molecule has 24 heavy (non-hydrogen) atoms. The summed E-state index contributed by atoms with van der Waals surface area (Å²) >= 11 is 0. The molecule has 1 N–H and O–H groups in total. The van der Waals surface area contributed by atoms with Crippen molar-refractivity contribution in [2.75, 3.05) is 14.2 Å². The van der Waals surface area contributed by atoms with E-state index >= 15 is 0 Å². The van der Waals surface area contributed by atoms with Gasteiger partial charge in [0.1, 0.15) is 28.3 Å². The van der Waals surface area contributed by atoms with E-state index in [1.165, 1.54) is 32.8 Å². The van der Waals surface area contributed by atoms with Crippen molar-refractivity contribution in [1.82, 2.24) is 4.98 Å². The van der Waals surface area contributed by atoms with Crippen LogP contribution in [0.2, 0.25) is 0 Å². The Balaban J connectivity index is 1.91. The lowest BCUT2D eigenvalue weighted by molar-refractivity contribution is 0.104. The van der Waals surface area contributed by atoms with Crippen molar-refractivity contribution < 1.29 is 23.8 Å². The summed E-state index contributed by atoms with van der Waals surface area (Å²) < 4.78 is 15.4. The van der Waals surface area contributed by atoms with Crippen LogP contribution in [0.15, 0.2) is 47.2 Å². The molecule has 0 atom stereocenters. The molecule has 0 aliphatic rings. The zero-order chi connectivity index (χ0) is 17.1. The van der Waals surface area contributed by atoms with E-state index in [9.17, 15) is 9.90 Å². The van der Waals surface area contributed by atoms with E-state index in [2.05, 4.69) is 4.98 Å². The first-order valence-corrected chi connectivity index (χ1v) is 7.13. The van der Waals surface area contributed by atoms with Gasteiger partial charge in [0.25, 0.3) is 0 Å². The van der Waals surface area contributed by atoms with Crippen molar-refractivity contribution in [3.05, 3.63) is 53.9 Å². The van der Waals surface area contributed by atoms with Crippen LogP contribution < -0.4 is 9.47 Å². The second-order valence-corrected chi connectivity index (χ2v) is 5.00. The van der Waals surface area contributed by atoms with Gasteiger partial charge in [-0.1, -0.05) is 12.1 Å². The molecule has 2 aromatic carbocycles. The molecule has 3 aromatic rings. The number of phenols is 1. The predicted octanol–water partition coefficient (Wildman–Crippen LogP) is 3.45. The summed E-state index contributed by atoms with van der Waals surface area (Å²) in [5, 5.41) is 10.1. The molecule has 1 aromatic heterocycles. The number of rotatable bonds is 5. The normalized spacial score (nSPS) is 11.1. The molecule has 1 heterocycles. The number of aromatic hydroxyl groups is 1. The topological polar surface area (TPSA) is 81.8 Å². The molecule has 3 rings (SSSR count). The van der Waals surface area contributed by atoms with E-state index in [1.807, 2.05) is 6.07 Å². The van der Waals surface area contributed by atoms with Gasteiger partial charge in [0.2, 0.25) is 0 Å². The number of methoxy groups -OCH3 is 2. The van der Waals surface area contributed by atoms with Crippen LogP contribution in [0, 0.1) is 0 Å². The van der Waals surface area contributed by atoms with Crippen LogP contribution in [0.5, 0.6) is 17.2 Å². The van der Waals surface area contributed by atoms with Gasteiger partial charge in [-0.3, -0.25) is 4.79 Å². The number of benzene rings is 2. The van der Waals surface area contributed by atoms with E-state index in [4.69, 9.17) is 13.9 Å². The molecular formula is C18H15NO5. The lowest BCUT2D eigenvalue weighted by atomic mass is 10.1. The highest BCUT2D eigenvalue weighted by Crippen LogP contribution is 2.33. The predicted molar refractivity (Wildman–Crippen MR) is 88.6 cm³/mol. The number of phenolic OH excluding ortho intramolecular Hbond substituents is 1. The summed E-state index contributed by atoms with van der Waals surface area (Å²) in [6.07, 6.45) is 4.36. The number of fused-ring (bicyclic) bond motifs is 1. The summed E-state index contributed by atoms with van der Waals surface area (Å²) in [4.78, 5) is 16.5. The summed E-state index contributed by atoms with van der Waals surface area (Å²) in [6.45, 7) is 0. The standard InChI is InChI=1S/C18H15NO5/c1-22-12-8-15(21)18(17(9-12)23-2)14(20)6-4-11-3-5-13-16(7-11)24-10-19-13/h3-10,21H,1-2H3/b6-4+. The first-order valence-electron chi connectivity index (χ1n) is 7.13. The van der Waals surface area contributed by atoms with Gasteiger partial charge in [-0.25, -0.2) is 4.98 Å². The van der Waals surface area contributed by atoms with Crippen molar-refractivity contribution in [2.24, 2.45) is 0 Å². The molecule has 0 saturated heterocycles. The minimum absolute atomic E-state index is 0.0790. The minimum Gasteiger partial charge on any atom is -0.507 e. The fourth-order valence-electron chi connectivity index (χ4n) is 2.33. The van der Waals surface area contributed by atoms with E-state index in [0.717, 1.165) is 11.1 Å². The average Bonchev–Trinajstić information content (AvgIpc) is 3.06. The lowest BCUT2D eigenvalue weighted by Gasteiger charge is -2.10. The van der Waals surface area contributed by atoms with Crippen LogP contribution >= 0.6 is 0 Å². The number of carbonyl (C=O) groups excluding carboxylic acids is 1. The number of aromatic nitrogens is 1. The molecule has 6 heteroatoms. The number of hydrogen-bond acceptors (Lipinski definition) is 6. The third-order valence-electron chi connectivity index (χ3n) is 3.54. The molecule has 0 unspecified atom stereocenters. The van der Waals surface area contributed by atoms with Crippen LogP contribution in [-0.2, 0) is 0 Å². The summed E-state index contributed by atoms with van der Waals surface area (Å²) in [5.74, 6) is 0.0593. The summed E-state index contributed by atoms with van der Waals surface area (Å²) in [6, 6.07) is 8.30. The summed E-state index contributed by atoms with van der Waals surface area (Å²) in [5.41, 5.74) is 2.23. The lowest BCUT2D eigenvalue weighted by Crippen LogP contribution is -2.00. The van der Waals surface area contributed by atoms with Gasteiger partial charge in [-0.05, 0) is 23.8 Å². The Morgan fingerprint density at radius 1 is 1.21 bits per heavy atom. The van der Waals surface area contributed by atoms with Crippen LogP contribution in [-0.4, -0.2) is 30.1 Å². The number of nitrogens with zero attached hydrogens (tertiary/aromatic N) is 1. The van der Waals surface area contributed by atoms with E-state index in [1.54, 1.807) is 24.3 Å². The molecule has 0 aliphatic carbocycles. The molecule has 0 bridgehead atoms. The maximum Gasteiger partial charge on any atom is 0.193 e.